The van der Waals surface area contributed by atoms with E-state index in [2.05, 4.69) is 46.8 Å². The van der Waals surface area contributed by atoms with E-state index in [1.54, 1.807) is 12.4 Å². The Morgan fingerprint density at radius 2 is 1.56 bits per heavy atom. The van der Waals surface area contributed by atoms with Crippen molar-refractivity contribution in [2.75, 3.05) is 5.32 Å². The molecule has 1 heterocycles. The van der Waals surface area contributed by atoms with Gasteiger partial charge in [0, 0.05) is 18.1 Å². The van der Waals surface area contributed by atoms with Crippen molar-refractivity contribution in [2.45, 2.75) is 19.4 Å². The Labute approximate surface area is 154 Å². The number of nitrogens with one attached hydrogen (secondary N) is 2. The average Bonchev–Trinajstić information content (AvgIpc) is 2.68. The molecule has 3 rings (SSSR count). The van der Waals surface area contributed by atoms with Gasteiger partial charge in [-0.15, -0.1) is 0 Å². The average molecular weight is 347 g/mol. The van der Waals surface area contributed by atoms with E-state index in [0.717, 1.165) is 23.2 Å². The van der Waals surface area contributed by atoms with Gasteiger partial charge in [-0.1, -0.05) is 55.5 Å². The standard InChI is InChI=1S/C21H21N3S/c1-2-16-8-6-7-11-19(16)23-21(25)24-20(17-9-4-3-5-10-17)18-12-14-22-15-13-18/h3-15,20H,2H2,1H3,(H2,23,24,25)/t20-/m1/s1. The van der Waals surface area contributed by atoms with Crippen LogP contribution in [-0.4, -0.2) is 10.1 Å². The summed E-state index contributed by atoms with van der Waals surface area (Å²) in [5.74, 6) is 0. The highest BCUT2D eigenvalue weighted by molar-refractivity contribution is 7.80. The first-order chi connectivity index (χ1) is 12.3. The van der Waals surface area contributed by atoms with Crippen molar-refractivity contribution in [2.24, 2.45) is 0 Å². The Hall–Kier alpha value is -2.72. The zero-order valence-corrected chi connectivity index (χ0v) is 15.0. The molecule has 0 aliphatic rings. The van der Waals surface area contributed by atoms with Crippen LogP contribution in [0.5, 0.6) is 0 Å². The van der Waals surface area contributed by atoms with Crippen LogP contribution >= 0.6 is 12.2 Å². The van der Waals surface area contributed by atoms with E-state index >= 15 is 0 Å². The van der Waals surface area contributed by atoms with E-state index < -0.39 is 0 Å². The molecule has 0 unspecified atom stereocenters. The molecule has 25 heavy (non-hydrogen) atoms. The van der Waals surface area contributed by atoms with Crippen LogP contribution in [-0.2, 0) is 6.42 Å². The van der Waals surface area contributed by atoms with Gasteiger partial charge in [0.05, 0.1) is 6.04 Å². The second-order valence-corrected chi connectivity index (χ2v) is 6.14. The molecule has 0 bridgehead atoms. The second-order valence-electron chi connectivity index (χ2n) is 5.73. The zero-order valence-electron chi connectivity index (χ0n) is 14.1. The first-order valence-electron chi connectivity index (χ1n) is 8.38. The fourth-order valence-electron chi connectivity index (χ4n) is 2.80. The van der Waals surface area contributed by atoms with Crippen molar-refractivity contribution in [1.29, 1.82) is 0 Å². The van der Waals surface area contributed by atoms with Crippen molar-refractivity contribution < 1.29 is 0 Å². The molecule has 0 amide bonds. The summed E-state index contributed by atoms with van der Waals surface area (Å²) in [6.45, 7) is 2.14. The first-order valence-corrected chi connectivity index (χ1v) is 8.79. The Bertz CT molecular complexity index is 779. The quantitative estimate of drug-likeness (QED) is 0.655. The number of thiocarbonyl (C=S) groups is 1. The van der Waals surface area contributed by atoms with Gasteiger partial charge < -0.3 is 10.6 Å². The lowest BCUT2D eigenvalue weighted by molar-refractivity contribution is 0.766. The third kappa shape index (κ3) is 4.43. The second kappa shape index (κ2) is 8.40. The number of hydrogen-bond acceptors (Lipinski definition) is 2. The third-order valence-electron chi connectivity index (χ3n) is 4.09. The molecular formula is C21H21N3S. The van der Waals surface area contributed by atoms with E-state index in [0.29, 0.717) is 5.11 Å². The number of para-hydroxylation sites is 1. The lowest BCUT2D eigenvalue weighted by atomic mass is 10.00. The molecule has 1 atom stereocenters. The maximum absolute atomic E-state index is 5.58. The highest BCUT2D eigenvalue weighted by Gasteiger charge is 2.15. The molecule has 2 aromatic carbocycles. The number of aromatic nitrogens is 1. The van der Waals surface area contributed by atoms with Gasteiger partial charge in [0.1, 0.15) is 0 Å². The Morgan fingerprint density at radius 3 is 2.28 bits per heavy atom. The van der Waals surface area contributed by atoms with Crippen molar-refractivity contribution in [3.8, 4) is 0 Å². The highest BCUT2D eigenvalue weighted by Crippen LogP contribution is 2.22. The summed E-state index contributed by atoms with van der Waals surface area (Å²) >= 11 is 5.58. The summed E-state index contributed by atoms with van der Waals surface area (Å²) in [6, 6.07) is 22.5. The maximum atomic E-state index is 5.58. The Balaban J connectivity index is 1.82. The molecule has 4 heteroatoms. The van der Waals surface area contributed by atoms with Crippen molar-refractivity contribution in [3.05, 3.63) is 95.8 Å². The van der Waals surface area contributed by atoms with Crippen molar-refractivity contribution in [1.82, 2.24) is 10.3 Å². The largest absolute Gasteiger partial charge is 0.352 e. The molecule has 126 valence electrons. The maximum Gasteiger partial charge on any atom is 0.171 e. The SMILES string of the molecule is CCc1ccccc1NC(=S)N[C@H](c1ccccc1)c1ccncc1. The van der Waals surface area contributed by atoms with Gasteiger partial charge in [0.2, 0.25) is 0 Å². The number of anilines is 1. The first kappa shape index (κ1) is 17.1. The third-order valence-corrected chi connectivity index (χ3v) is 4.31. The lowest BCUT2D eigenvalue weighted by Crippen LogP contribution is -2.33. The fourth-order valence-corrected chi connectivity index (χ4v) is 3.03. The Kier molecular flexibility index (Phi) is 5.75. The smallest absolute Gasteiger partial charge is 0.171 e. The van der Waals surface area contributed by atoms with Crippen LogP contribution in [0, 0.1) is 0 Å². The number of benzene rings is 2. The number of rotatable bonds is 5. The molecule has 0 saturated carbocycles. The van der Waals surface area contributed by atoms with Crippen LogP contribution in [0.3, 0.4) is 0 Å². The lowest BCUT2D eigenvalue weighted by Gasteiger charge is -2.22. The van der Waals surface area contributed by atoms with Gasteiger partial charge in [0.15, 0.2) is 5.11 Å². The number of aryl methyl sites for hydroxylation is 1. The van der Waals surface area contributed by atoms with Crippen LogP contribution < -0.4 is 10.6 Å². The van der Waals surface area contributed by atoms with E-state index in [1.165, 1.54) is 5.56 Å². The minimum Gasteiger partial charge on any atom is -0.352 e. The number of hydrogen-bond donors (Lipinski definition) is 2. The summed E-state index contributed by atoms with van der Waals surface area (Å²) in [5, 5.41) is 7.38. The molecular weight excluding hydrogens is 326 g/mol. The summed E-state index contributed by atoms with van der Waals surface area (Å²) in [5.41, 5.74) is 4.56. The van der Waals surface area contributed by atoms with Gasteiger partial charge in [0.25, 0.3) is 0 Å². The molecule has 3 aromatic rings. The zero-order chi connectivity index (χ0) is 17.5. The summed E-state index contributed by atoms with van der Waals surface area (Å²) in [7, 11) is 0. The van der Waals surface area contributed by atoms with E-state index in [-0.39, 0.29) is 6.04 Å². The molecule has 0 fully saturated rings. The molecule has 0 spiro atoms. The van der Waals surface area contributed by atoms with E-state index in [1.807, 2.05) is 42.5 Å². The van der Waals surface area contributed by atoms with Gasteiger partial charge in [-0.2, -0.15) is 0 Å². The topological polar surface area (TPSA) is 37.0 Å². The molecule has 0 aliphatic heterocycles. The summed E-state index contributed by atoms with van der Waals surface area (Å²) in [6.07, 6.45) is 4.56. The Morgan fingerprint density at radius 1 is 0.920 bits per heavy atom. The van der Waals surface area contributed by atoms with Crippen LogP contribution in [0.4, 0.5) is 5.69 Å². The molecule has 0 radical (unpaired) electrons. The van der Waals surface area contributed by atoms with Crippen LogP contribution in [0.2, 0.25) is 0 Å². The monoisotopic (exact) mass is 347 g/mol. The van der Waals surface area contributed by atoms with Crippen molar-refractivity contribution in [3.63, 3.8) is 0 Å². The number of nitrogens with zero attached hydrogens (tertiary/aromatic N) is 1. The molecule has 3 nitrogen and oxygen atoms in total. The summed E-state index contributed by atoms with van der Waals surface area (Å²) in [4.78, 5) is 4.11. The minimum absolute atomic E-state index is 0.0296. The van der Waals surface area contributed by atoms with Gasteiger partial charge in [-0.05, 0) is 53.5 Å². The normalized spacial score (nSPS) is 11.6. The van der Waals surface area contributed by atoms with Gasteiger partial charge in [-0.25, -0.2) is 0 Å². The molecule has 0 saturated heterocycles. The minimum atomic E-state index is -0.0296. The van der Waals surface area contributed by atoms with Crippen molar-refractivity contribution >= 4 is 23.0 Å². The van der Waals surface area contributed by atoms with Crippen LogP contribution in [0.15, 0.2) is 79.1 Å². The van der Waals surface area contributed by atoms with E-state index in [4.69, 9.17) is 12.2 Å². The highest BCUT2D eigenvalue weighted by atomic mass is 32.1. The van der Waals surface area contributed by atoms with Gasteiger partial charge >= 0.3 is 0 Å². The molecule has 0 aliphatic carbocycles. The van der Waals surface area contributed by atoms with Crippen LogP contribution in [0.1, 0.15) is 29.7 Å². The van der Waals surface area contributed by atoms with Crippen LogP contribution in [0.25, 0.3) is 0 Å². The number of pyridine rings is 1. The predicted octanol–water partition coefficient (Wildman–Crippen LogP) is 4.72. The predicted molar refractivity (Wildman–Crippen MR) is 108 cm³/mol. The molecule has 1 aromatic heterocycles. The van der Waals surface area contributed by atoms with E-state index in [9.17, 15) is 0 Å². The molecule has 2 N–H and O–H groups in total. The fraction of sp³-hybridized carbons (Fsp3) is 0.143. The summed E-state index contributed by atoms with van der Waals surface area (Å²) < 4.78 is 0. The van der Waals surface area contributed by atoms with Gasteiger partial charge in [-0.3, -0.25) is 4.98 Å².